The summed E-state index contributed by atoms with van der Waals surface area (Å²) in [5.74, 6) is -1.84. The molecule has 0 spiro atoms. The molecule has 1 aliphatic heterocycles. The zero-order valence-electron chi connectivity index (χ0n) is 8.07. The number of halogens is 4. The predicted molar refractivity (Wildman–Crippen MR) is 54.2 cm³/mol. The van der Waals surface area contributed by atoms with Gasteiger partial charge in [-0.15, -0.1) is 0 Å². The maximum Gasteiger partial charge on any atom is 0.472 e. The Morgan fingerprint density at radius 2 is 2.19 bits per heavy atom. The second kappa shape index (κ2) is 3.89. The second-order valence-electron chi connectivity index (χ2n) is 3.50. The third-order valence-electron chi connectivity index (χ3n) is 2.45. The fourth-order valence-corrected chi connectivity index (χ4v) is 2.42. The molecule has 1 aromatic rings. The van der Waals surface area contributed by atoms with Gasteiger partial charge in [0.05, 0.1) is 4.60 Å². The van der Waals surface area contributed by atoms with Crippen LogP contribution in [0.15, 0.2) is 10.7 Å². The summed E-state index contributed by atoms with van der Waals surface area (Å²) in [6.45, 7) is 1.07. The topological polar surface area (TPSA) is 34.0 Å². The highest BCUT2D eigenvalue weighted by molar-refractivity contribution is 9.10. The number of nitrogens with zero attached hydrogens (tertiary/aromatic N) is 1. The number of carbonyl (C=O) groups excluding carboxylic acids is 1. The standard InChI is InChI=1S/C9H8BrF3N2O/c10-7-3-5-4-14-2-1-6(5)15(7)8(16)9(11,12)13/h3,14H,1-2,4H2. The largest absolute Gasteiger partial charge is 0.472 e. The van der Waals surface area contributed by atoms with E-state index >= 15 is 0 Å². The van der Waals surface area contributed by atoms with Crippen LogP contribution in [0, 0.1) is 0 Å². The van der Waals surface area contributed by atoms with E-state index in [9.17, 15) is 18.0 Å². The fourth-order valence-electron chi connectivity index (χ4n) is 1.77. The molecule has 0 bridgehead atoms. The first-order chi connectivity index (χ1) is 7.41. The molecule has 2 heterocycles. The molecule has 2 rings (SSSR count). The third kappa shape index (κ3) is 1.89. The molecule has 0 amide bonds. The lowest BCUT2D eigenvalue weighted by molar-refractivity contribution is -0.0949. The molecule has 0 saturated carbocycles. The zero-order valence-corrected chi connectivity index (χ0v) is 9.65. The molecular formula is C9H8BrF3N2O. The normalized spacial score (nSPS) is 16.0. The zero-order chi connectivity index (χ0) is 11.9. The average molecular weight is 297 g/mol. The highest BCUT2D eigenvalue weighted by Gasteiger charge is 2.42. The van der Waals surface area contributed by atoms with E-state index in [0.717, 1.165) is 5.56 Å². The van der Waals surface area contributed by atoms with E-state index in [1.165, 1.54) is 0 Å². The van der Waals surface area contributed by atoms with Gasteiger partial charge in [0.2, 0.25) is 0 Å². The number of aromatic nitrogens is 1. The fraction of sp³-hybridized carbons (Fsp3) is 0.444. The lowest BCUT2D eigenvalue weighted by Crippen LogP contribution is -2.33. The van der Waals surface area contributed by atoms with Gasteiger partial charge in [-0.05, 0) is 27.6 Å². The van der Waals surface area contributed by atoms with E-state index in [1.807, 2.05) is 0 Å². The van der Waals surface area contributed by atoms with Gasteiger partial charge >= 0.3 is 12.1 Å². The summed E-state index contributed by atoms with van der Waals surface area (Å²) in [5, 5.41) is 3.03. The van der Waals surface area contributed by atoms with Crippen molar-refractivity contribution in [2.24, 2.45) is 0 Å². The van der Waals surface area contributed by atoms with E-state index in [2.05, 4.69) is 21.2 Å². The summed E-state index contributed by atoms with van der Waals surface area (Å²) in [6, 6.07) is 1.55. The van der Waals surface area contributed by atoms with Crippen molar-refractivity contribution in [1.82, 2.24) is 9.88 Å². The molecule has 16 heavy (non-hydrogen) atoms. The van der Waals surface area contributed by atoms with Crippen molar-refractivity contribution < 1.29 is 18.0 Å². The van der Waals surface area contributed by atoms with Crippen molar-refractivity contribution in [2.75, 3.05) is 6.54 Å². The summed E-state index contributed by atoms with van der Waals surface area (Å²) >= 11 is 2.98. The first-order valence-corrected chi connectivity index (χ1v) is 5.42. The van der Waals surface area contributed by atoms with Crippen molar-refractivity contribution in [1.29, 1.82) is 0 Å². The van der Waals surface area contributed by atoms with Gasteiger partial charge in [0, 0.05) is 25.2 Å². The molecule has 0 atom stereocenters. The summed E-state index contributed by atoms with van der Waals surface area (Å²) in [5.41, 5.74) is 1.17. The molecule has 0 saturated heterocycles. The summed E-state index contributed by atoms with van der Waals surface area (Å²) < 4.78 is 37.9. The molecule has 0 aromatic carbocycles. The Labute approximate surface area is 97.7 Å². The summed E-state index contributed by atoms with van der Waals surface area (Å²) in [4.78, 5) is 11.2. The van der Waals surface area contributed by atoms with Crippen LogP contribution in [0.25, 0.3) is 0 Å². The highest BCUT2D eigenvalue weighted by atomic mass is 79.9. The Hall–Kier alpha value is -0.820. The lowest BCUT2D eigenvalue weighted by Gasteiger charge is -2.16. The Balaban J connectivity index is 2.48. The van der Waals surface area contributed by atoms with E-state index in [4.69, 9.17) is 0 Å². The number of carbonyl (C=O) groups is 1. The van der Waals surface area contributed by atoms with Crippen LogP contribution in [0.3, 0.4) is 0 Å². The molecule has 0 radical (unpaired) electrons. The number of hydrogen-bond acceptors (Lipinski definition) is 2. The van der Waals surface area contributed by atoms with Crippen LogP contribution < -0.4 is 5.32 Å². The van der Waals surface area contributed by atoms with Gasteiger partial charge in [0.15, 0.2) is 0 Å². The molecule has 0 aliphatic carbocycles. The highest BCUT2D eigenvalue weighted by Crippen LogP contribution is 2.28. The van der Waals surface area contributed by atoms with Crippen molar-refractivity contribution >= 4 is 21.8 Å². The van der Waals surface area contributed by atoms with E-state index in [0.29, 0.717) is 29.8 Å². The molecule has 0 unspecified atom stereocenters. The minimum absolute atomic E-state index is 0.156. The second-order valence-corrected chi connectivity index (χ2v) is 4.32. The quantitative estimate of drug-likeness (QED) is 0.795. The lowest BCUT2D eigenvalue weighted by atomic mass is 10.1. The van der Waals surface area contributed by atoms with Gasteiger partial charge in [-0.2, -0.15) is 13.2 Å². The molecule has 3 nitrogen and oxygen atoms in total. The molecule has 0 fully saturated rings. The van der Waals surface area contributed by atoms with Crippen molar-refractivity contribution in [3.8, 4) is 0 Å². The molecule has 1 aromatic heterocycles. The maximum atomic E-state index is 12.4. The van der Waals surface area contributed by atoms with Crippen LogP contribution in [-0.2, 0) is 13.0 Å². The van der Waals surface area contributed by atoms with Gasteiger partial charge in [-0.3, -0.25) is 9.36 Å². The minimum atomic E-state index is -4.85. The van der Waals surface area contributed by atoms with E-state index in [-0.39, 0.29) is 4.60 Å². The third-order valence-corrected chi connectivity index (χ3v) is 3.03. The number of nitrogens with one attached hydrogen (secondary N) is 1. The number of alkyl halides is 3. The van der Waals surface area contributed by atoms with Gasteiger partial charge in [-0.25, -0.2) is 0 Å². The van der Waals surface area contributed by atoms with Crippen molar-refractivity contribution in [2.45, 2.75) is 19.1 Å². The first-order valence-electron chi connectivity index (χ1n) is 4.62. The van der Waals surface area contributed by atoms with Crippen molar-refractivity contribution in [3.63, 3.8) is 0 Å². The Morgan fingerprint density at radius 1 is 1.50 bits per heavy atom. The van der Waals surface area contributed by atoms with E-state index < -0.39 is 12.1 Å². The Bertz CT molecular complexity index is 439. The molecule has 7 heteroatoms. The van der Waals surface area contributed by atoms with Gasteiger partial charge in [0.1, 0.15) is 0 Å². The van der Waals surface area contributed by atoms with Gasteiger partial charge in [0.25, 0.3) is 0 Å². The molecule has 88 valence electrons. The maximum absolute atomic E-state index is 12.4. The monoisotopic (exact) mass is 296 g/mol. The summed E-state index contributed by atoms with van der Waals surface area (Å²) in [6.07, 6.45) is -4.43. The van der Waals surface area contributed by atoms with Crippen LogP contribution >= 0.6 is 15.9 Å². The van der Waals surface area contributed by atoms with Crippen LogP contribution in [-0.4, -0.2) is 23.2 Å². The predicted octanol–water partition coefficient (Wildman–Crippen LogP) is 2.10. The molecule has 1 N–H and O–H groups in total. The van der Waals surface area contributed by atoms with Crippen molar-refractivity contribution in [3.05, 3.63) is 21.9 Å². The summed E-state index contributed by atoms with van der Waals surface area (Å²) in [7, 11) is 0. The number of fused-ring (bicyclic) bond motifs is 1. The smallest absolute Gasteiger partial charge is 0.312 e. The molecule has 1 aliphatic rings. The number of rotatable bonds is 0. The first kappa shape index (κ1) is 11.7. The minimum Gasteiger partial charge on any atom is -0.312 e. The number of hydrogen-bond donors (Lipinski definition) is 1. The SMILES string of the molecule is O=C(n1c(Br)cc2c1CCNC2)C(F)(F)F. The van der Waals surface area contributed by atoms with Crippen LogP contribution in [0.5, 0.6) is 0 Å². The average Bonchev–Trinajstić information content (AvgIpc) is 2.51. The molecular weight excluding hydrogens is 289 g/mol. The van der Waals surface area contributed by atoms with Gasteiger partial charge in [-0.1, -0.05) is 0 Å². The van der Waals surface area contributed by atoms with Gasteiger partial charge < -0.3 is 5.32 Å². The van der Waals surface area contributed by atoms with Crippen LogP contribution in [0.1, 0.15) is 16.1 Å². The van der Waals surface area contributed by atoms with Crippen LogP contribution in [0.2, 0.25) is 0 Å². The Morgan fingerprint density at radius 3 is 2.81 bits per heavy atom. The van der Waals surface area contributed by atoms with E-state index in [1.54, 1.807) is 6.07 Å². The van der Waals surface area contributed by atoms with Crippen LogP contribution in [0.4, 0.5) is 13.2 Å². The Kier molecular flexibility index (Phi) is 2.83.